The van der Waals surface area contributed by atoms with Crippen LogP contribution in [0.25, 0.3) is 41.8 Å². The van der Waals surface area contributed by atoms with Crippen LogP contribution >= 0.6 is 0 Å². The van der Waals surface area contributed by atoms with Gasteiger partial charge in [-0.25, -0.2) is 144 Å². The normalized spacial score (nSPS) is 13.3. The summed E-state index contributed by atoms with van der Waals surface area (Å²) in [7, 11) is -23.7. The minimum absolute atomic E-state index is 0.0209. The van der Waals surface area contributed by atoms with E-state index in [0.717, 1.165) is 27.7 Å². The monoisotopic (exact) mass is 2110 g/mol. The molecule has 44 nitrogen and oxygen atoms in total. The number of nitrogens with one attached hydrogen (secondary N) is 8. The zero-order valence-corrected chi connectivity index (χ0v) is 79.6. The molecule has 770 valence electrons. The fourth-order valence-corrected chi connectivity index (χ4v) is 18.3. The molecule has 0 fully saturated rings. The van der Waals surface area contributed by atoms with Crippen LogP contribution in [0.4, 0.5) is 93.0 Å². The van der Waals surface area contributed by atoms with E-state index in [1.807, 2.05) is 33.7 Å². The average molecular weight is 2110 g/mol. The summed E-state index contributed by atoms with van der Waals surface area (Å²) < 4.78 is 417. The highest BCUT2D eigenvalue weighted by atomic mass is 32.2. The molecule has 66 heteroatoms. The first kappa shape index (κ1) is 123. The Bertz CT molecular complexity index is 6180. The predicted molar refractivity (Wildman–Crippen MR) is 449 cm³/mol. The zero-order valence-electron chi connectivity index (χ0n) is 74.7. The van der Waals surface area contributed by atoms with Crippen molar-refractivity contribution in [2.75, 3.05) is 131 Å². The molecule has 0 spiro atoms. The third-order valence-corrected chi connectivity index (χ3v) is 27.0. The number of rotatable bonds is 51. The summed E-state index contributed by atoms with van der Waals surface area (Å²) in [6.45, 7) is 11.0. The van der Waals surface area contributed by atoms with Gasteiger partial charge in [0.1, 0.15) is 49.1 Å². The number of azide groups is 4. The molecule has 0 radical (unpaired) electrons. The number of amides is 4. The third-order valence-electron chi connectivity index (χ3n) is 19.6. The Kier molecular flexibility index (Phi) is 44.9. The Morgan fingerprint density at radius 2 is 0.616 bits per heavy atom. The Hall–Kier alpha value is -11.3. The molecule has 0 saturated heterocycles. The van der Waals surface area contributed by atoms with Gasteiger partial charge in [-0.3, -0.25) is 24.0 Å². The smallest absolute Gasteiger partial charge is 0.333 e. The summed E-state index contributed by atoms with van der Waals surface area (Å²) in [4.78, 5) is 79.7. The lowest BCUT2D eigenvalue weighted by molar-refractivity contribution is -0.890. The molecule has 4 aromatic rings. The van der Waals surface area contributed by atoms with Gasteiger partial charge < -0.3 is 48.8 Å². The molecule has 0 aromatic heterocycles. The van der Waals surface area contributed by atoms with Gasteiger partial charge in [0, 0.05) is 124 Å². The van der Waals surface area contributed by atoms with Crippen LogP contribution in [-0.4, -0.2) is 236 Å². The van der Waals surface area contributed by atoms with Gasteiger partial charge in [-0.2, -0.15) is 0 Å². The number of hydrogen-bond acceptors (Lipinski definition) is 26. The molecule has 4 rings (SSSR count). The fraction of sp³-hybridized carbons (Fsp3) is 0.528. The number of esters is 2. The number of carbonyl (C=O) groups excluding carboxylic acids is 6. The van der Waals surface area contributed by atoms with Crippen molar-refractivity contribution in [1.29, 1.82) is 0 Å². The number of sulfonamides is 4. The Labute approximate surface area is 778 Å². The van der Waals surface area contributed by atoms with Crippen LogP contribution in [0, 0.1) is 115 Å². The molecule has 0 heterocycles. The molecule has 0 aliphatic rings. The molecule has 3 unspecified atom stereocenters. The number of nitrogens with zero attached hydrogens (tertiary/aromatic N) is 14. The SMILES string of the molecule is C=C(C)C(=O)NCCNS(=O)(=O)c1c(F)c(F)c(N=[N+]=[N-])c(F)c1F.C=C(C)C(=O)OCC[N+](C)(C)CCCS(=O)(=O)[O-].CCC(C)(CC(C)(CC(C)(CC(C)(C)C(=O)NCCNS(=O)(=O)c1c(F)c(F)c(N=[N+]=[N-])c(F)c1F)C(=O)NCCNS(=O)(=O)c1c(F)c(F)c(N=[N+]=[N-])c(F)c1F)C(=O)NCCNS(=O)(=O)c1c(F)c(F)c(N=[N+]=[N-])c(F)c1F)C(=O)OCC[N+](C)(C)CCCS(=O)(=O)[O-]. The van der Waals surface area contributed by atoms with Gasteiger partial charge in [0.2, 0.25) is 63.7 Å². The molecule has 4 amide bonds. The topological polar surface area (TPSA) is 663 Å². The minimum atomic E-state index is -5.67. The lowest BCUT2D eigenvalue weighted by Crippen LogP contribution is -2.53. The summed E-state index contributed by atoms with van der Waals surface area (Å²) in [5.74, 6) is -45.6. The number of likely N-dealkylation sites (N-methyl/N-ethyl adjacent to an activating group) is 2. The molecule has 3 atom stereocenters. The summed E-state index contributed by atoms with van der Waals surface area (Å²) >= 11 is 0. The average Bonchev–Trinajstić information content (AvgIpc) is 0.828. The number of benzene rings is 4. The molecule has 0 aliphatic heterocycles. The number of ether oxygens (including phenoxy) is 2. The third kappa shape index (κ3) is 34.3. The van der Waals surface area contributed by atoms with Crippen LogP contribution < -0.4 is 40.2 Å². The number of hydrogen-bond donors (Lipinski definition) is 8. The van der Waals surface area contributed by atoms with E-state index >= 15 is 0 Å². The van der Waals surface area contributed by atoms with Gasteiger partial charge in [0.15, 0.2) is 113 Å². The second-order valence-electron chi connectivity index (χ2n) is 32.4. The van der Waals surface area contributed by atoms with Crippen LogP contribution in [0.2, 0.25) is 0 Å². The molecule has 0 bridgehead atoms. The van der Waals surface area contributed by atoms with E-state index in [1.165, 1.54) is 20.8 Å². The van der Waals surface area contributed by atoms with Crippen LogP contribution in [-0.2, 0) is 98.6 Å². The second-order valence-corrected chi connectivity index (χ2v) is 42.2. The highest BCUT2D eigenvalue weighted by molar-refractivity contribution is 7.90. The molecule has 138 heavy (non-hydrogen) atoms. The first-order chi connectivity index (χ1) is 63.1. The van der Waals surface area contributed by atoms with Crippen molar-refractivity contribution in [3.63, 3.8) is 0 Å². The molecule has 4 aromatic carbocycles. The standard InChI is InChI=1S/C49H60F12N16O14S4.C12H11F4N5O3S.C11H21NO5S/c1-9-47(4,45(81)91-19-18-77(7,8)17-10-20-92(82,83)84)22-49(6,44(80)67-13-16-70-95(89,90)41-34(60)28(54)38(73-76-64)29(55)35(41)61)23-48(5,43(79)66-12-15-69-94(87,88)40-32(58)26(52)37(72-75-63)27(53)33(40)59)21-46(2,3)42(78)65-11-14-68-93(85,86)39-30(56)24(50)36(71-74-62)25(51)31(39)57;1-5(2)12(22)18-3-4-19-25(23,24)11-8(15)6(13)10(20-21-17)7(14)9(11)16;1-10(2)11(13)17-8-7-12(3,4)6-5-9-18(14,15)16/h68-70H,9-23H2,1-8H3,(H3-,65,66,67,78,79,80,82,83,84);19H,1,3-4H2,2H3,(H,18,22);1,5-9H2,2-4H3. The van der Waals surface area contributed by atoms with E-state index in [0.29, 0.717) is 29.6 Å². The highest BCUT2D eigenvalue weighted by Crippen LogP contribution is 2.49. The minimum Gasteiger partial charge on any atom is -0.748 e. The van der Waals surface area contributed by atoms with Crippen molar-refractivity contribution in [3.8, 4) is 0 Å². The van der Waals surface area contributed by atoms with Crippen LogP contribution in [0.5, 0.6) is 0 Å². The first-order valence-electron chi connectivity index (χ1n) is 39.0. The molecule has 0 saturated carbocycles. The lowest BCUT2D eigenvalue weighted by Gasteiger charge is -2.44. The van der Waals surface area contributed by atoms with Crippen molar-refractivity contribution >= 4 is 119 Å². The zero-order chi connectivity index (χ0) is 107. The van der Waals surface area contributed by atoms with Gasteiger partial charge in [0.25, 0.3) is 0 Å². The van der Waals surface area contributed by atoms with Crippen molar-refractivity contribution in [2.45, 2.75) is 113 Å². The quantitative estimate of drug-likeness (QED) is 0.00195. The van der Waals surface area contributed by atoms with Gasteiger partial charge in [-0.15, -0.1) is 0 Å². The Morgan fingerprint density at radius 1 is 0.370 bits per heavy atom. The molecule has 8 N–H and O–H groups in total. The van der Waals surface area contributed by atoms with Crippen LogP contribution in [0.3, 0.4) is 0 Å². The van der Waals surface area contributed by atoms with Gasteiger partial charge in [-0.05, 0) is 68.6 Å². The summed E-state index contributed by atoms with van der Waals surface area (Å²) in [6, 6.07) is 0. The summed E-state index contributed by atoms with van der Waals surface area (Å²) in [5, 5.41) is 18.8. The molecule has 0 aliphatic carbocycles. The maximum absolute atomic E-state index is 15.0. The van der Waals surface area contributed by atoms with Gasteiger partial charge in [-0.1, -0.05) is 68.2 Å². The van der Waals surface area contributed by atoms with E-state index in [-0.39, 0.29) is 54.9 Å². The number of quaternary nitrogens is 2. The van der Waals surface area contributed by atoms with E-state index in [2.05, 4.69) is 54.9 Å². The van der Waals surface area contributed by atoms with E-state index in [9.17, 15) is 159 Å². The van der Waals surface area contributed by atoms with Crippen molar-refractivity contribution in [2.24, 2.45) is 42.1 Å². The van der Waals surface area contributed by atoms with E-state index in [1.54, 1.807) is 39.9 Å². The maximum Gasteiger partial charge on any atom is 0.333 e. The van der Waals surface area contributed by atoms with E-state index in [4.69, 9.17) is 31.6 Å². The second kappa shape index (κ2) is 50.5. The number of halogens is 16. The molecular weight excluding hydrogens is 2020 g/mol. The van der Waals surface area contributed by atoms with Crippen molar-refractivity contribution in [1.82, 2.24) is 40.2 Å². The fourth-order valence-electron chi connectivity index (χ4n) is 12.6. The maximum atomic E-state index is 15.0. The Balaban J connectivity index is 0.00000121. The Morgan fingerprint density at radius 3 is 0.862 bits per heavy atom. The van der Waals surface area contributed by atoms with Gasteiger partial charge >= 0.3 is 11.9 Å². The lowest BCUT2D eigenvalue weighted by atomic mass is 9.60. The van der Waals surface area contributed by atoms with E-state index < -0.39 is 330 Å². The van der Waals surface area contributed by atoms with Crippen LogP contribution in [0.15, 0.2) is 64.3 Å². The molecular formula is C72H92F16N22O22S6. The van der Waals surface area contributed by atoms with Crippen LogP contribution in [0.1, 0.15) is 93.9 Å². The van der Waals surface area contributed by atoms with Gasteiger partial charge in [0.05, 0.1) is 66.9 Å². The predicted octanol–water partition coefficient (Wildman–Crippen LogP) is 9.22. The first-order valence-corrected chi connectivity index (χ1v) is 48.1. The summed E-state index contributed by atoms with van der Waals surface area (Å²) in [5.41, 5.74) is 18.5. The van der Waals surface area contributed by atoms with Crippen molar-refractivity contribution in [3.05, 3.63) is 159 Å². The highest BCUT2D eigenvalue weighted by Gasteiger charge is 2.53. The summed E-state index contributed by atoms with van der Waals surface area (Å²) in [6.07, 6.45) is -2.56. The van der Waals surface area contributed by atoms with Crippen molar-refractivity contribution < 1.29 is 177 Å². The number of carbonyl (C=O) groups is 6. The largest absolute Gasteiger partial charge is 0.748 e.